The number of methoxy groups -OCH3 is 2. The fraction of sp³-hybridized carbons (Fsp3) is 0.600. The molecule has 0 radical (unpaired) electrons. The minimum Gasteiger partial charge on any atom is -0.493 e. The molecule has 1 aromatic carbocycles. The molecule has 1 aromatic rings. The first kappa shape index (κ1) is 15.6. The Kier molecular flexibility index (Phi) is 5.29. The monoisotopic (exact) mass is 342 g/mol. The third-order valence-electron chi connectivity index (χ3n) is 4.16. The van der Waals surface area contributed by atoms with Crippen molar-refractivity contribution in [3.05, 3.63) is 22.2 Å². The van der Waals surface area contributed by atoms with Gasteiger partial charge in [0.15, 0.2) is 11.5 Å². The van der Waals surface area contributed by atoms with E-state index in [4.69, 9.17) is 15.2 Å². The highest BCUT2D eigenvalue weighted by Crippen LogP contribution is 2.43. The molecule has 112 valence electrons. The van der Waals surface area contributed by atoms with Gasteiger partial charge in [-0.2, -0.15) is 0 Å². The number of nitrogens with two attached hydrogens (primary N) is 1. The number of nitrogens with zero attached hydrogens (tertiary/aromatic N) is 1. The maximum atomic E-state index is 5.96. The molecule has 1 heterocycles. The zero-order valence-electron chi connectivity index (χ0n) is 12.4. The van der Waals surface area contributed by atoms with Crippen LogP contribution in [0.1, 0.15) is 24.9 Å². The van der Waals surface area contributed by atoms with Crippen molar-refractivity contribution in [3.63, 3.8) is 0 Å². The molecule has 20 heavy (non-hydrogen) atoms. The highest BCUT2D eigenvalue weighted by Gasteiger charge is 2.35. The number of halogens is 1. The molecule has 0 saturated carbocycles. The molecule has 0 spiro atoms. The number of hydrogen-bond acceptors (Lipinski definition) is 4. The molecule has 2 atom stereocenters. The zero-order valence-corrected chi connectivity index (χ0v) is 13.9. The molecule has 5 heteroatoms. The Morgan fingerprint density at radius 1 is 1.30 bits per heavy atom. The molecule has 0 aliphatic carbocycles. The third kappa shape index (κ3) is 2.80. The van der Waals surface area contributed by atoms with Gasteiger partial charge in [0.05, 0.1) is 14.2 Å². The van der Waals surface area contributed by atoms with Crippen LogP contribution in [0.5, 0.6) is 11.5 Å². The Morgan fingerprint density at radius 3 is 2.50 bits per heavy atom. The SMILES string of the molecule is CCN1CCC(CN)C1c1cc(OC)c(OC)cc1Br. The van der Waals surface area contributed by atoms with Gasteiger partial charge in [-0.25, -0.2) is 0 Å². The normalized spacial score (nSPS) is 23.1. The van der Waals surface area contributed by atoms with Gasteiger partial charge in [-0.15, -0.1) is 0 Å². The smallest absolute Gasteiger partial charge is 0.161 e. The fourth-order valence-corrected chi connectivity index (χ4v) is 3.63. The van der Waals surface area contributed by atoms with E-state index in [9.17, 15) is 0 Å². The summed E-state index contributed by atoms with van der Waals surface area (Å²) in [6.45, 7) is 5.04. The molecule has 1 saturated heterocycles. The van der Waals surface area contributed by atoms with Gasteiger partial charge in [0, 0.05) is 10.5 Å². The summed E-state index contributed by atoms with van der Waals surface area (Å²) < 4.78 is 11.8. The van der Waals surface area contributed by atoms with Gasteiger partial charge in [0.25, 0.3) is 0 Å². The van der Waals surface area contributed by atoms with E-state index in [0.717, 1.165) is 35.5 Å². The molecular weight excluding hydrogens is 320 g/mol. The average Bonchev–Trinajstić information content (AvgIpc) is 2.89. The molecule has 2 rings (SSSR count). The van der Waals surface area contributed by atoms with Crippen molar-refractivity contribution in [1.82, 2.24) is 4.90 Å². The third-order valence-corrected chi connectivity index (χ3v) is 4.84. The predicted molar refractivity (Wildman–Crippen MR) is 84.4 cm³/mol. The average molecular weight is 343 g/mol. The van der Waals surface area contributed by atoms with Crippen molar-refractivity contribution in [3.8, 4) is 11.5 Å². The van der Waals surface area contributed by atoms with Gasteiger partial charge in [0.2, 0.25) is 0 Å². The van der Waals surface area contributed by atoms with Crippen molar-refractivity contribution in [2.75, 3.05) is 33.9 Å². The van der Waals surface area contributed by atoms with Crippen LogP contribution in [0, 0.1) is 5.92 Å². The largest absolute Gasteiger partial charge is 0.493 e. The Labute approximate surface area is 129 Å². The van der Waals surface area contributed by atoms with Crippen molar-refractivity contribution in [1.29, 1.82) is 0 Å². The van der Waals surface area contributed by atoms with Crippen LogP contribution < -0.4 is 15.2 Å². The van der Waals surface area contributed by atoms with Crippen molar-refractivity contribution in [2.24, 2.45) is 11.7 Å². The van der Waals surface area contributed by atoms with E-state index in [1.807, 2.05) is 6.07 Å². The maximum Gasteiger partial charge on any atom is 0.161 e. The zero-order chi connectivity index (χ0) is 14.7. The first-order valence-electron chi connectivity index (χ1n) is 7.01. The molecule has 2 unspecified atom stereocenters. The first-order chi connectivity index (χ1) is 9.65. The van der Waals surface area contributed by atoms with Crippen LogP contribution in [0.15, 0.2) is 16.6 Å². The number of hydrogen-bond donors (Lipinski definition) is 1. The van der Waals surface area contributed by atoms with Gasteiger partial charge in [0.1, 0.15) is 0 Å². The summed E-state index contributed by atoms with van der Waals surface area (Å²) in [7, 11) is 3.32. The van der Waals surface area contributed by atoms with Crippen LogP contribution in [0.25, 0.3) is 0 Å². The Bertz CT molecular complexity index is 455. The Balaban J connectivity index is 2.44. The Morgan fingerprint density at radius 2 is 1.95 bits per heavy atom. The van der Waals surface area contributed by atoms with Crippen LogP contribution in [-0.4, -0.2) is 38.8 Å². The number of benzene rings is 1. The van der Waals surface area contributed by atoms with E-state index >= 15 is 0 Å². The van der Waals surface area contributed by atoms with Gasteiger partial charge < -0.3 is 15.2 Å². The van der Waals surface area contributed by atoms with Crippen molar-refractivity contribution >= 4 is 15.9 Å². The summed E-state index contributed by atoms with van der Waals surface area (Å²) in [5.41, 5.74) is 7.19. The molecule has 0 aromatic heterocycles. The number of ether oxygens (including phenoxy) is 2. The van der Waals surface area contributed by atoms with Crippen molar-refractivity contribution < 1.29 is 9.47 Å². The molecular formula is C15H23BrN2O2. The molecule has 0 bridgehead atoms. The second-order valence-electron chi connectivity index (χ2n) is 5.09. The quantitative estimate of drug-likeness (QED) is 0.893. The lowest BCUT2D eigenvalue weighted by Crippen LogP contribution is -2.28. The molecule has 0 amide bonds. The van der Waals surface area contributed by atoms with Gasteiger partial charge in [-0.3, -0.25) is 4.90 Å². The van der Waals surface area contributed by atoms with Crippen LogP contribution in [-0.2, 0) is 0 Å². The molecule has 1 aliphatic rings. The fourth-order valence-electron chi connectivity index (χ4n) is 3.08. The van der Waals surface area contributed by atoms with E-state index in [-0.39, 0.29) is 0 Å². The number of likely N-dealkylation sites (tertiary alicyclic amines) is 1. The topological polar surface area (TPSA) is 47.7 Å². The second kappa shape index (κ2) is 6.78. The molecule has 1 fully saturated rings. The minimum atomic E-state index is 0.346. The number of rotatable bonds is 5. The molecule has 2 N–H and O–H groups in total. The van der Waals surface area contributed by atoms with Crippen molar-refractivity contribution in [2.45, 2.75) is 19.4 Å². The second-order valence-corrected chi connectivity index (χ2v) is 5.94. The highest BCUT2D eigenvalue weighted by molar-refractivity contribution is 9.10. The van der Waals surface area contributed by atoms with Gasteiger partial charge >= 0.3 is 0 Å². The van der Waals surface area contributed by atoms with E-state index in [1.165, 1.54) is 5.56 Å². The van der Waals surface area contributed by atoms with Crippen LogP contribution >= 0.6 is 15.9 Å². The summed E-state index contributed by atoms with van der Waals surface area (Å²) >= 11 is 3.67. The molecule has 1 aliphatic heterocycles. The van der Waals surface area contributed by atoms with Crippen LogP contribution in [0.4, 0.5) is 0 Å². The summed E-state index contributed by atoms with van der Waals surface area (Å²) in [6.07, 6.45) is 1.15. The highest BCUT2D eigenvalue weighted by atomic mass is 79.9. The Hall–Kier alpha value is -0.780. The standard InChI is InChI=1S/C15H23BrN2O2/c1-4-18-6-5-10(9-17)15(18)11-7-13(19-2)14(20-3)8-12(11)16/h7-8,10,15H,4-6,9,17H2,1-3H3. The minimum absolute atomic E-state index is 0.346. The van der Waals surface area contributed by atoms with E-state index < -0.39 is 0 Å². The van der Waals surface area contributed by atoms with Gasteiger partial charge in [-0.05, 0) is 49.7 Å². The maximum absolute atomic E-state index is 5.96. The van der Waals surface area contributed by atoms with Crippen LogP contribution in [0.3, 0.4) is 0 Å². The van der Waals surface area contributed by atoms with Crippen LogP contribution in [0.2, 0.25) is 0 Å². The van der Waals surface area contributed by atoms with Gasteiger partial charge in [-0.1, -0.05) is 22.9 Å². The lowest BCUT2D eigenvalue weighted by atomic mass is 9.93. The lowest BCUT2D eigenvalue weighted by molar-refractivity contribution is 0.240. The summed E-state index contributed by atoms with van der Waals surface area (Å²) in [6, 6.07) is 4.40. The summed E-state index contributed by atoms with van der Waals surface area (Å²) in [4.78, 5) is 2.48. The predicted octanol–water partition coefficient (Wildman–Crippen LogP) is 2.81. The summed E-state index contributed by atoms with van der Waals surface area (Å²) in [5, 5.41) is 0. The molecule has 4 nitrogen and oxygen atoms in total. The van der Waals surface area contributed by atoms with E-state index in [0.29, 0.717) is 18.5 Å². The summed E-state index contributed by atoms with van der Waals surface area (Å²) in [5.74, 6) is 2.00. The lowest BCUT2D eigenvalue weighted by Gasteiger charge is -2.28. The first-order valence-corrected chi connectivity index (χ1v) is 7.81. The van der Waals surface area contributed by atoms with E-state index in [1.54, 1.807) is 14.2 Å². The van der Waals surface area contributed by atoms with E-state index in [2.05, 4.69) is 33.8 Å².